The molecule has 2 fully saturated rings. The monoisotopic (exact) mass is 305 g/mol. The first-order valence-corrected chi connectivity index (χ1v) is 8.24. The van der Waals surface area contributed by atoms with Gasteiger partial charge in [0.05, 0.1) is 25.9 Å². The van der Waals surface area contributed by atoms with Gasteiger partial charge in [-0.25, -0.2) is 0 Å². The van der Waals surface area contributed by atoms with E-state index in [4.69, 9.17) is 9.47 Å². The minimum atomic E-state index is 0.300. The quantitative estimate of drug-likeness (QED) is 0.876. The number of nitrogens with zero attached hydrogens (tertiary/aromatic N) is 2. The average molecular weight is 305 g/mol. The lowest BCUT2D eigenvalue weighted by molar-refractivity contribution is -0.0182. The van der Waals surface area contributed by atoms with Gasteiger partial charge in [0.25, 0.3) is 0 Å². The molecule has 2 aliphatic heterocycles. The van der Waals surface area contributed by atoms with Crippen LogP contribution in [0, 0.1) is 0 Å². The predicted octanol–water partition coefficient (Wildman–Crippen LogP) is 0.943. The van der Waals surface area contributed by atoms with E-state index in [1.165, 1.54) is 11.3 Å². The van der Waals surface area contributed by atoms with Crippen LogP contribution in [-0.4, -0.2) is 70.6 Å². The Morgan fingerprint density at radius 2 is 1.95 bits per heavy atom. The molecular formula is C17H27N3O2. The predicted molar refractivity (Wildman–Crippen MR) is 88.4 cm³/mol. The summed E-state index contributed by atoms with van der Waals surface area (Å²) in [7, 11) is 2.16. The summed E-state index contributed by atoms with van der Waals surface area (Å²) in [5.41, 5.74) is 2.69. The molecular weight excluding hydrogens is 278 g/mol. The molecule has 1 aromatic rings. The van der Waals surface area contributed by atoms with Crippen molar-refractivity contribution < 1.29 is 9.47 Å². The van der Waals surface area contributed by atoms with Crippen molar-refractivity contribution in [1.82, 2.24) is 10.2 Å². The van der Waals surface area contributed by atoms with E-state index in [0.29, 0.717) is 6.10 Å². The van der Waals surface area contributed by atoms with Crippen LogP contribution in [0.25, 0.3) is 0 Å². The van der Waals surface area contributed by atoms with Gasteiger partial charge in [0.15, 0.2) is 0 Å². The van der Waals surface area contributed by atoms with Gasteiger partial charge < -0.3 is 24.6 Å². The van der Waals surface area contributed by atoms with Crippen LogP contribution in [0.3, 0.4) is 0 Å². The van der Waals surface area contributed by atoms with Crippen molar-refractivity contribution >= 4 is 5.69 Å². The Morgan fingerprint density at radius 1 is 1.14 bits per heavy atom. The molecule has 1 aromatic carbocycles. The topological polar surface area (TPSA) is 37.0 Å². The van der Waals surface area contributed by atoms with Gasteiger partial charge in [0.2, 0.25) is 0 Å². The highest BCUT2D eigenvalue weighted by Crippen LogP contribution is 2.21. The highest BCUT2D eigenvalue weighted by molar-refractivity contribution is 5.53. The van der Waals surface area contributed by atoms with Gasteiger partial charge in [-0.05, 0) is 18.7 Å². The van der Waals surface area contributed by atoms with Crippen LogP contribution in [0.4, 0.5) is 5.69 Å². The molecule has 2 heterocycles. The fraction of sp³-hybridized carbons (Fsp3) is 0.647. The molecule has 22 heavy (non-hydrogen) atoms. The molecule has 3 rings (SSSR count). The van der Waals surface area contributed by atoms with E-state index in [-0.39, 0.29) is 0 Å². The number of para-hydroxylation sites is 1. The lowest BCUT2D eigenvalue weighted by Crippen LogP contribution is -2.44. The zero-order valence-electron chi connectivity index (χ0n) is 13.5. The number of ether oxygens (including phenoxy) is 2. The standard InChI is InChI=1S/C17H27N3O2/c1-19-6-11-22-16(14-19)13-18-12-15-4-2-3-5-17(15)20-7-9-21-10-8-20/h2-5,16,18H,6-14H2,1H3/t16-/m0/s1. The molecule has 0 amide bonds. The summed E-state index contributed by atoms with van der Waals surface area (Å²) in [5.74, 6) is 0. The first-order chi connectivity index (χ1) is 10.8. The second kappa shape index (κ2) is 7.92. The molecule has 0 radical (unpaired) electrons. The second-order valence-electron chi connectivity index (χ2n) is 6.11. The molecule has 5 heteroatoms. The lowest BCUT2D eigenvalue weighted by atomic mass is 10.1. The van der Waals surface area contributed by atoms with Gasteiger partial charge in [-0.15, -0.1) is 0 Å². The summed E-state index contributed by atoms with van der Waals surface area (Å²) >= 11 is 0. The van der Waals surface area contributed by atoms with Crippen molar-refractivity contribution in [2.24, 2.45) is 0 Å². The Morgan fingerprint density at radius 3 is 2.77 bits per heavy atom. The van der Waals surface area contributed by atoms with E-state index >= 15 is 0 Å². The molecule has 0 bridgehead atoms. The molecule has 0 aromatic heterocycles. The number of anilines is 1. The minimum Gasteiger partial charge on any atom is -0.378 e. The van der Waals surface area contributed by atoms with Gasteiger partial charge in [-0.3, -0.25) is 0 Å². The van der Waals surface area contributed by atoms with Crippen LogP contribution < -0.4 is 10.2 Å². The smallest absolute Gasteiger partial charge is 0.0826 e. The molecule has 2 aliphatic rings. The van der Waals surface area contributed by atoms with E-state index in [1.807, 2.05) is 0 Å². The third-order valence-corrected chi connectivity index (χ3v) is 4.37. The zero-order chi connectivity index (χ0) is 15.2. The number of nitrogens with one attached hydrogen (secondary N) is 1. The fourth-order valence-corrected chi connectivity index (χ4v) is 3.13. The Kier molecular flexibility index (Phi) is 5.67. The number of likely N-dealkylation sites (N-methyl/N-ethyl adjacent to an activating group) is 1. The molecule has 2 saturated heterocycles. The summed E-state index contributed by atoms with van der Waals surface area (Å²) in [4.78, 5) is 4.75. The van der Waals surface area contributed by atoms with Crippen molar-refractivity contribution in [3.63, 3.8) is 0 Å². The maximum atomic E-state index is 5.80. The van der Waals surface area contributed by atoms with Gasteiger partial charge in [-0.2, -0.15) is 0 Å². The van der Waals surface area contributed by atoms with Crippen LogP contribution >= 0.6 is 0 Å². The Labute approximate surface area is 133 Å². The number of benzene rings is 1. The van der Waals surface area contributed by atoms with E-state index in [1.54, 1.807) is 0 Å². The number of hydrogen-bond donors (Lipinski definition) is 1. The van der Waals surface area contributed by atoms with Gasteiger partial charge in [0.1, 0.15) is 0 Å². The first kappa shape index (κ1) is 15.7. The SMILES string of the molecule is CN1CCO[C@@H](CNCc2ccccc2N2CCOCC2)C1. The first-order valence-electron chi connectivity index (χ1n) is 8.24. The molecule has 0 saturated carbocycles. The molecule has 1 N–H and O–H groups in total. The summed E-state index contributed by atoms with van der Waals surface area (Å²) < 4.78 is 11.3. The largest absolute Gasteiger partial charge is 0.378 e. The Hall–Kier alpha value is -1.14. The molecule has 122 valence electrons. The molecule has 0 aliphatic carbocycles. The van der Waals surface area contributed by atoms with Crippen LogP contribution in [0.15, 0.2) is 24.3 Å². The summed E-state index contributed by atoms with van der Waals surface area (Å²) in [6.45, 7) is 8.29. The zero-order valence-corrected chi connectivity index (χ0v) is 13.5. The van der Waals surface area contributed by atoms with Gasteiger partial charge >= 0.3 is 0 Å². The van der Waals surface area contributed by atoms with Crippen LogP contribution in [0.1, 0.15) is 5.56 Å². The third-order valence-electron chi connectivity index (χ3n) is 4.37. The van der Waals surface area contributed by atoms with E-state index < -0.39 is 0 Å². The normalized spacial score (nSPS) is 23.7. The number of hydrogen-bond acceptors (Lipinski definition) is 5. The van der Waals surface area contributed by atoms with Crippen molar-refractivity contribution in [3.8, 4) is 0 Å². The van der Waals surface area contributed by atoms with Crippen LogP contribution in [-0.2, 0) is 16.0 Å². The number of rotatable bonds is 5. The fourth-order valence-electron chi connectivity index (χ4n) is 3.13. The highest BCUT2D eigenvalue weighted by atomic mass is 16.5. The van der Waals surface area contributed by atoms with Crippen LogP contribution in [0.5, 0.6) is 0 Å². The summed E-state index contributed by atoms with van der Waals surface area (Å²) in [6.07, 6.45) is 0.300. The number of morpholine rings is 2. The highest BCUT2D eigenvalue weighted by Gasteiger charge is 2.18. The van der Waals surface area contributed by atoms with Crippen LogP contribution in [0.2, 0.25) is 0 Å². The maximum Gasteiger partial charge on any atom is 0.0826 e. The van der Waals surface area contributed by atoms with Gasteiger partial charge in [-0.1, -0.05) is 18.2 Å². The van der Waals surface area contributed by atoms with Gasteiger partial charge in [0, 0.05) is 45.0 Å². The maximum absolute atomic E-state index is 5.80. The molecule has 5 nitrogen and oxygen atoms in total. The van der Waals surface area contributed by atoms with E-state index in [9.17, 15) is 0 Å². The minimum absolute atomic E-state index is 0.300. The van der Waals surface area contributed by atoms with E-state index in [0.717, 1.165) is 59.1 Å². The average Bonchev–Trinajstić information content (AvgIpc) is 2.56. The van der Waals surface area contributed by atoms with Crippen molar-refractivity contribution in [1.29, 1.82) is 0 Å². The second-order valence-corrected chi connectivity index (χ2v) is 6.11. The van der Waals surface area contributed by atoms with Crippen molar-refractivity contribution in [3.05, 3.63) is 29.8 Å². The third kappa shape index (κ3) is 4.20. The van der Waals surface area contributed by atoms with Crippen molar-refractivity contribution in [2.75, 3.05) is 64.5 Å². The van der Waals surface area contributed by atoms with E-state index in [2.05, 4.69) is 46.4 Å². The molecule has 0 spiro atoms. The summed E-state index contributed by atoms with van der Waals surface area (Å²) in [5, 5.41) is 3.56. The summed E-state index contributed by atoms with van der Waals surface area (Å²) in [6, 6.07) is 8.66. The van der Waals surface area contributed by atoms with Crippen molar-refractivity contribution in [2.45, 2.75) is 12.6 Å². The Balaban J connectivity index is 1.53. The Bertz CT molecular complexity index is 463. The lowest BCUT2D eigenvalue weighted by Gasteiger charge is -2.31. The molecule has 0 unspecified atom stereocenters. The molecule has 1 atom stereocenters.